The van der Waals surface area contributed by atoms with Gasteiger partial charge < -0.3 is 4.90 Å². The fourth-order valence-electron chi connectivity index (χ4n) is 5.32. The van der Waals surface area contributed by atoms with Gasteiger partial charge in [-0.15, -0.1) is 0 Å². The molecule has 0 N–H and O–H groups in total. The molecule has 0 spiro atoms. The van der Waals surface area contributed by atoms with E-state index in [1.807, 2.05) is 12.1 Å². The Morgan fingerprint density at radius 3 is 2.64 bits per heavy atom. The Morgan fingerprint density at radius 1 is 1.16 bits per heavy atom. The molecule has 0 radical (unpaired) electrons. The van der Waals surface area contributed by atoms with E-state index in [9.17, 15) is 4.79 Å². The second kappa shape index (κ2) is 6.75. The van der Waals surface area contributed by atoms with Crippen LogP contribution in [0.5, 0.6) is 0 Å². The molecule has 1 aromatic carbocycles. The van der Waals surface area contributed by atoms with Crippen LogP contribution in [-0.2, 0) is 11.3 Å². The number of benzene rings is 1. The summed E-state index contributed by atoms with van der Waals surface area (Å²) in [7, 11) is 0. The summed E-state index contributed by atoms with van der Waals surface area (Å²) in [6.07, 6.45) is 2.92. The van der Waals surface area contributed by atoms with Gasteiger partial charge in [-0.3, -0.25) is 9.69 Å². The van der Waals surface area contributed by atoms with E-state index in [0.717, 1.165) is 38.9 Å². The van der Waals surface area contributed by atoms with Crippen molar-refractivity contribution < 1.29 is 4.79 Å². The van der Waals surface area contributed by atoms with Gasteiger partial charge in [0.1, 0.15) is 0 Å². The number of hydrogen-bond acceptors (Lipinski definition) is 2. The Kier molecular flexibility index (Phi) is 4.76. The Hall–Kier alpha value is -0.770. The normalized spacial score (nSPS) is 32.4. The van der Waals surface area contributed by atoms with Crippen LogP contribution >= 0.6 is 23.2 Å². The molecule has 3 aliphatic rings. The quantitative estimate of drug-likeness (QED) is 0.772. The topological polar surface area (TPSA) is 23.6 Å². The van der Waals surface area contributed by atoms with Crippen LogP contribution in [0.1, 0.15) is 38.7 Å². The van der Waals surface area contributed by atoms with Gasteiger partial charge in [0.25, 0.3) is 0 Å². The lowest BCUT2D eigenvalue weighted by Gasteiger charge is -2.47. The smallest absolute Gasteiger partial charge is 0.223 e. The highest BCUT2D eigenvalue weighted by molar-refractivity contribution is 6.42. The van der Waals surface area contributed by atoms with Gasteiger partial charge in [0, 0.05) is 38.1 Å². The molecule has 3 fully saturated rings. The van der Waals surface area contributed by atoms with Gasteiger partial charge in [0.05, 0.1) is 10.0 Å². The molecule has 3 heterocycles. The van der Waals surface area contributed by atoms with Gasteiger partial charge in [-0.1, -0.05) is 43.1 Å². The minimum absolute atomic E-state index is 0.389. The second-order valence-electron chi connectivity index (χ2n) is 8.34. The lowest BCUT2D eigenvalue weighted by atomic mass is 9.79. The summed E-state index contributed by atoms with van der Waals surface area (Å²) < 4.78 is 0. The summed E-state index contributed by atoms with van der Waals surface area (Å²) in [5.41, 5.74) is 1.22. The highest BCUT2D eigenvalue weighted by Gasteiger charge is 2.52. The van der Waals surface area contributed by atoms with Gasteiger partial charge in [-0.25, -0.2) is 0 Å². The molecule has 136 valence electrons. The zero-order valence-corrected chi connectivity index (χ0v) is 16.4. The molecular weight excluding hydrogens is 355 g/mol. The summed E-state index contributed by atoms with van der Waals surface area (Å²) >= 11 is 12.2. The number of halogens is 2. The molecule has 5 heteroatoms. The van der Waals surface area contributed by atoms with E-state index in [4.69, 9.17) is 23.2 Å². The van der Waals surface area contributed by atoms with Crippen molar-refractivity contribution in [2.75, 3.05) is 13.1 Å². The Morgan fingerprint density at radius 2 is 1.92 bits per heavy atom. The first-order chi connectivity index (χ1) is 11.9. The third-order valence-corrected chi connectivity index (χ3v) is 7.09. The maximum absolute atomic E-state index is 12.5. The number of hydrogen-bond donors (Lipinski definition) is 0. The molecule has 3 aliphatic heterocycles. The van der Waals surface area contributed by atoms with Gasteiger partial charge in [-0.05, 0) is 48.3 Å². The molecule has 0 aromatic heterocycles. The van der Waals surface area contributed by atoms with Crippen molar-refractivity contribution in [3.63, 3.8) is 0 Å². The van der Waals surface area contributed by atoms with Crippen molar-refractivity contribution in [1.29, 1.82) is 0 Å². The third kappa shape index (κ3) is 3.20. The highest BCUT2D eigenvalue weighted by atomic mass is 35.5. The predicted octanol–water partition coefficient (Wildman–Crippen LogP) is 4.46. The molecule has 0 bridgehead atoms. The Bertz CT molecular complexity index is 678. The van der Waals surface area contributed by atoms with Crippen LogP contribution in [0.15, 0.2) is 18.2 Å². The number of nitrogens with zero attached hydrogens (tertiary/aromatic N) is 2. The van der Waals surface area contributed by atoms with Crippen LogP contribution in [0.3, 0.4) is 0 Å². The highest BCUT2D eigenvalue weighted by Crippen LogP contribution is 2.45. The molecule has 1 amide bonds. The van der Waals surface area contributed by atoms with E-state index in [-0.39, 0.29) is 0 Å². The average molecular weight is 381 g/mol. The maximum atomic E-state index is 12.5. The molecule has 4 rings (SSSR count). The third-order valence-electron chi connectivity index (χ3n) is 6.35. The minimum atomic E-state index is 0.389. The maximum Gasteiger partial charge on any atom is 0.223 e. The zero-order chi connectivity index (χ0) is 17.7. The van der Waals surface area contributed by atoms with E-state index < -0.39 is 0 Å². The molecular formula is C20H26Cl2N2O. The first-order valence-electron chi connectivity index (χ1n) is 9.41. The summed E-state index contributed by atoms with van der Waals surface area (Å²) in [5, 5.41) is 1.24. The van der Waals surface area contributed by atoms with Crippen LogP contribution in [0.25, 0.3) is 0 Å². The van der Waals surface area contributed by atoms with Crippen molar-refractivity contribution in [3.05, 3.63) is 33.8 Å². The van der Waals surface area contributed by atoms with E-state index in [1.54, 1.807) is 0 Å². The van der Waals surface area contributed by atoms with E-state index in [1.165, 1.54) is 5.56 Å². The van der Waals surface area contributed by atoms with Gasteiger partial charge >= 0.3 is 0 Å². The minimum Gasteiger partial charge on any atom is -0.336 e. The SMILES string of the molecule is CC(C)[C@H]1CC2CN(Cc3ccc(Cl)c(Cl)c3)C[C@H]3CCC(=O)N1C23. The van der Waals surface area contributed by atoms with Crippen molar-refractivity contribution in [3.8, 4) is 0 Å². The van der Waals surface area contributed by atoms with Crippen LogP contribution < -0.4 is 0 Å². The fourth-order valence-corrected chi connectivity index (χ4v) is 5.64. The fraction of sp³-hybridized carbons (Fsp3) is 0.650. The first kappa shape index (κ1) is 17.6. The second-order valence-corrected chi connectivity index (χ2v) is 9.15. The van der Waals surface area contributed by atoms with E-state index in [2.05, 4.69) is 29.7 Å². The first-order valence-corrected chi connectivity index (χ1v) is 10.2. The zero-order valence-electron chi connectivity index (χ0n) is 14.9. The number of rotatable bonds is 3. The van der Waals surface area contributed by atoms with Gasteiger partial charge in [0.15, 0.2) is 0 Å². The largest absolute Gasteiger partial charge is 0.336 e. The van der Waals surface area contributed by atoms with Crippen molar-refractivity contribution in [2.24, 2.45) is 17.8 Å². The molecule has 4 atom stereocenters. The van der Waals surface area contributed by atoms with Gasteiger partial charge in [-0.2, -0.15) is 0 Å². The van der Waals surface area contributed by atoms with Crippen molar-refractivity contribution in [2.45, 2.75) is 51.7 Å². The van der Waals surface area contributed by atoms with Crippen LogP contribution in [0, 0.1) is 17.8 Å². The lowest BCUT2D eigenvalue weighted by Crippen LogP contribution is -2.57. The van der Waals surface area contributed by atoms with E-state index in [0.29, 0.717) is 45.8 Å². The summed E-state index contributed by atoms with van der Waals surface area (Å²) in [6, 6.07) is 6.84. The number of amides is 1. The Labute approximate surface area is 160 Å². The predicted molar refractivity (Wildman–Crippen MR) is 102 cm³/mol. The Balaban J connectivity index is 1.52. The summed E-state index contributed by atoms with van der Waals surface area (Å²) in [5.74, 6) is 2.15. The standard InChI is InChI=1S/C20H26Cl2N2O/c1-12(2)18-8-15-11-23(9-13-3-5-16(21)17(22)7-13)10-14-4-6-19(25)24(18)20(14)15/h3,5,7,12,14-15,18,20H,4,6,8-11H2,1-2H3/t14-,15?,18-,20?/m1/s1. The summed E-state index contributed by atoms with van der Waals surface area (Å²) in [4.78, 5) is 17.4. The van der Waals surface area contributed by atoms with Crippen LogP contribution in [0.4, 0.5) is 0 Å². The van der Waals surface area contributed by atoms with Crippen molar-refractivity contribution in [1.82, 2.24) is 9.80 Å². The van der Waals surface area contributed by atoms with E-state index >= 15 is 0 Å². The van der Waals surface area contributed by atoms with Gasteiger partial charge in [0.2, 0.25) is 5.91 Å². The lowest BCUT2D eigenvalue weighted by molar-refractivity contribution is -0.142. The average Bonchev–Trinajstić information content (AvgIpc) is 2.95. The van der Waals surface area contributed by atoms with Crippen molar-refractivity contribution >= 4 is 29.1 Å². The van der Waals surface area contributed by atoms with Crippen LogP contribution in [-0.4, -0.2) is 40.9 Å². The molecule has 3 saturated heterocycles. The number of carbonyl (C=O) groups excluding carboxylic acids is 1. The number of likely N-dealkylation sites (tertiary alicyclic amines) is 1. The molecule has 2 unspecified atom stereocenters. The molecule has 1 aromatic rings. The molecule has 0 aliphatic carbocycles. The molecule has 3 nitrogen and oxygen atoms in total. The monoisotopic (exact) mass is 380 g/mol. The number of piperidine rings is 2. The summed E-state index contributed by atoms with van der Waals surface area (Å²) in [6.45, 7) is 7.58. The molecule has 0 saturated carbocycles. The number of carbonyl (C=O) groups is 1. The molecule has 25 heavy (non-hydrogen) atoms. The van der Waals surface area contributed by atoms with Crippen LogP contribution in [0.2, 0.25) is 10.0 Å².